The van der Waals surface area contributed by atoms with Crippen LogP contribution >= 0.6 is 0 Å². The molecular formula is C10H9NO3. The van der Waals surface area contributed by atoms with Crippen molar-refractivity contribution in [3.63, 3.8) is 0 Å². The molecule has 1 rings (SSSR count). The summed E-state index contributed by atoms with van der Waals surface area (Å²) in [4.78, 5) is 35.9. The minimum atomic E-state index is -0.724. The number of nitrogens with zero attached hydrogens (tertiary/aromatic N) is 1. The molecule has 0 unspecified atom stereocenters. The molecule has 0 aliphatic heterocycles. The van der Waals surface area contributed by atoms with E-state index in [0.29, 0.717) is 5.69 Å². The molecule has 0 atom stereocenters. The molecule has 1 heterocycles. The highest BCUT2D eigenvalue weighted by Gasteiger charge is 2.11. The molecule has 0 N–H and O–H groups in total. The van der Waals surface area contributed by atoms with Crippen molar-refractivity contribution in [3.8, 4) is 0 Å². The third-order valence-corrected chi connectivity index (χ3v) is 1.64. The zero-order valence-corrected chi connectivity index (χ0v) is 7.69. The van der Waals surface area contributed by atoms with Gasteiger partial charge in [0.2, 0.25) is 5.78 Å². The molecule has 1 aromatic rings. The maximum Gasteiger partial charge on any atom is 0.202 e. The zero-order valence-electron chi connectivity index (χ0n) is 7.69. The van der Waals surface area contributed by atoms with Crippen LogP contribution in [0.15, 0.2) is 18.2 Å². The first-order valence-corrected chi connectivity index (χ1v) is 4.08. The Labute approximate surface area is 81.0 Å². The van der Waals surface area contributed by atoms with Crippen molar-refractivity contribution in [2.75, 3.05) is 0 Å². The third-order valence-electron chi connectivity index (χ3n) is 1.64. The van der Waals surface area contributed by atoms with Crippen LogP contribution in [0.25, 0.3) is 0 Å². The summed E-state index contributed by atoms with van der Waals surface area (Å²) in [5.74, 6) is -1.15. The summed E-state index contributed by atoms with van der Waals surface area (Å²) in [6.45, 7) is 1.75. The van der Waals surface area contributed by atoms with Crippen LogP contribution in [-0.2, 0) is 9.59 Å². The number of carbonyl (C=O) groups excluding carboxylic acids is 3. The average molecular weight is 191 g/mol. The molecule has 0 aromatic carbocycles. The van der Waals surface area contributed by atoms with Crippen molar-refractivity contribution in [1.29, 1.82) is 0 Å². The highest BCUT2D eigenvalue weighted by atomic mass is 16.2. The molecule has 1 aromatic heterocycles. The predicted molar refractivity (Wildman–Crippen MR) is 49.0 cm³/mol. The Morgan fingerprint density at radius 2 is 2.14 bits per heavy atom. The Bertz CT molecular complexity index is 385. The van der Waals surface area contributed by atoms with Crippen LogP contribution in [0, 0.1) is 6.92 Å². The molecule has 4 nitrogen and oxygen atoms in total. The molecule has 72 valence electrons. The summed E-state index contributed by atoms with van der Waals surface area (Å²) in [6, 6.07) is 4.95. The maximum atomic E-state index is 11.3. The van der Waals surface area contributed by atoms with E-state index in [9.17, 15) is 14.4 Å². The van der Waals surface area contributed by atoms with Gasteiger partial charge in [0.05, 0.1) is 6.42 Å². The third kappa shape index (κ3) is 2.58. The van der Waals surface area contributed by atoms with E-state index in [2.05, 4.69) is 4.98 Å². The van der Waals surface area contributed by atoms with E-state index < -0.39 is 18.0 Å². The lowest BCUT2D eigenvalue weighted by atomic mass is 10.1. The molecule has 0 aliphatic carbocycles. The summed E-state index contributed by atoms with van der Waals surface area (Å²) in [7, 11) is 0. The van der Waals surface area contributed by atoms with Crippen molar-refractivity contribution >= 4 is 17.9 Å². The van der Waals surface area contributed by atoms with Gasteiger partial charge in [-0.05, 0) is 19.1 Å². The largest absolute Gasteiger partial charge is 0.295 e. The lowest BCUT2D eigenvalue weighted by molar-refractivity contribution is -0.129. The number of ketones is 2. The number of hydrogen-bond donors (Lipinski definition) is 0. The Morgan fingerprint density at radius 1 is 1.43 bits per heavy atom. The van der Waals surface area contributed by atoms with Gasteiger partial charge in [-0.1, -0.05) is 6.07 Å². The van der Waals surface area contributed by atoms with E-state index in [1.165, 1.54) is 6.07 Å². The second kappa shape index (κ2) is 4.41. The first kappa shape index (κ1) is 10.2. The molecule has 0 saturated heterocycles. The van der Waals surface area contributed by atoms with Crippen molar-refractivity contribution < 1.29 is 14.4 Å². The van der Waals surface area contributed by atoms with Crippen molar-refractivity contribution in [1.82, 2.24) is 4.98 Å². The molecule has 4 heteroatoms. The summed E-state index contributed by atoms with van der Waals surface area (Å²) < 4.78 is 0. The maximum absolute atomic E-state index is 11.3. The molecular weight excluding hydrogens is 182 g/mol. The second-order valence-corrected chi connectivity index (χ2v) is 2.85. The van der Waals surface area contributed by atoms with Crippen LogP contribution in [-0.4, -0.2) is 22.8 Å². The normalized spacial score (nSPS) is 9.50. The fourth-order valence-corrected chi connectivity index (χ4v) is 0.989. The number of aldehydes is 1. The summed E-state index contributed by atoms with van der Waals surface area (Å²) >= 11 is 0. The number of carbonyl (C=O) groups is 3. The van der Waals surface area contributed by atoms with Gasteiger partial charge < -0.3 is 0 Å². The van der Waals surface area contributed by atoms with Gasteiger partial charge in [-0.3, -0.25) is 19.4 Å². The minimum Gasteiger partial charge on any atom is -0.295 e. The average Bonchev–Trinajstić information content (AvgIpc) is 2.17. The van der Waals surface area contributed by atoms with Crippen molar-refractivity contribution in [2.45, 2.75) is 13.3 Å². The van der Waals surface area contributed by atoms with Gasteiger partial charge in [-0.25, -0.2) is 0 Å². The Hall–Kier alpha value is -1.84. The highest BCUT2D eigenvalue weighted by molar-refractivity contribution is 6.31. The Balaban J connectivity index is 2.79. The van der Waals surface area contributed by atoms with Crippen LogP contribution in [0.4, 0.5) is 0 Å². The Morgan fingerprint density at radius 3 is 2.71 bits per heavy atom. The van der Waals surface area contributed by atoms with Gasteiger partial charge in [-0.15, -0.1) is 0 Å². The number of Topliss-reactive ketones (excluding diaryl/α,β-unsaturated/α-hetero) is 2. The van der Waals surface area contributed by atoms with Crippen LogP contribution in [0.3, 0.4) is 0 Å². The van der Waals surface area contributed by atoms with Gasteiger partial charge in [0.15, 0.2) is 12.1 Å². The minimum absolute atomic E-state index is 0.147. The molecule has 0 aliphatic rings. The number of rotatable bonds is 4. The predicted octanol–water partition coefficient (Wildman–Crippen LogP) is 0.731. The number of pyridine rings is 1. The van der Waals surface area contributed by atoms with Gasteiger partial charge in [0, 0.05) is 5.69 Å². The van der Waals surface area contributed by atoms with Crippen molar-refractivity contribution in [2.24, 2.45) is 0 Å². The Kier molecular flexibility index (Phi) is 3.23. The monoisotopic (exact) mass is 191 g/mol. The number of aromatic nitrogens is 1. The van der Waals surface area contributed by atoms with Gasteiger partial charge in [0.25, 0.3) is 0 Å². The zero-order chi connectivity index (χ0) is 10.6. The first-order chi connectivity index (χ1) is 6.63. The topological polar surface area (TPSA) is 64.1 Å². The van der Waals surface area contributed by atoms with Crippen LogP contribution in [0.5, 0.6) is 0 Å². The van der Waals surface area contributed by atoms with Gasteiger partial charge >= 0.3 is 0 Å². The molecule has 0 spiro atoms. The molecule has 0 amide bonds. The van der Waals surface area contributed by atoms with Gasteiger partial charge in [0.1, 0.15) is 5.69 Å². The fourth-order valence-electron chi connectivity index (χ4n) is 0.989. The van der Waals surface area contributed by atoms with Crippen molar-refractivity contribution in [3.05, 3.63) is 29.6 Å². The molecule has 0 bridgehead atoms. The lowest BCUT2D eigenvalue weighted by Crippen LogP contribution is -2.10. The number of aryl methyl sites for hydroxylation is 1. The van der Waals surface area contributed by atoms with E-state index in [1.54, 1.807) is 19.1 Å². The van der Waals surface area contributed by atoms with E-state index in [4.69, 9.17) is 0 Å². The van der Waals surface area contributed by atoms with E-state index in [-0.39, 0.29) is 12.0 Å². The molecule has 0 fully saturated rings. The van der Waals surface area contributed by atoms with E-state index in [1.807, 2.05) is 0 Å². The van der Waals surface area contributed by atoms with E-state index in [0.717, 1.165) is 0 Å². The summed E-state index contributed by atoms with van der Waals surface area (Å²) in [5, 5.41) is 0. The van der Waals surface area contributed by atoms with E-state index >= 15 is 0 Å². The van der Waals surface area contributed by atoms with Crippen LogP contribution in [0.2, 0.25) is 0 Å². The quantitative estimate of drug-likeness (QED) is 0.304. The van der Waals surface area contributed by atoms with Gasteiger partial charge in [-0.2, -0.15) is 0 Å². The molecule has 0 saturated carbocycles. The standard InChI is InChI=1S/C10H9NO3/c1-7-3-2-4-9(11-7)10(14)5-8(13)6-12/h2-4,6H,5H2,1H3. The summed E-state index contributed by atoms with van der Waals surface area (Å²) in [5.41, 5.74) is 0.926. The molecule has 14 heavy (non-hydrogen) atoms. The smallest absolute Gasteiger partial charge is 0.202 e. The lowest BCUT2D eigenvalue weighted by Gasteiger charge is -1.97. The summed E-state index contributed by atoms with van der Waals surface area (Å²) in [6.07, 6.45) is -0.256. The number of hydrogen-bond acceptors (Lipinski definition) is 4. The highest BCUT2D eigenvalue weighted by Crippen LogP contribution is 2.01. The van der Waals surface area contributed by atoms with Crippen LogP contribution in [0.1, 0.15) is 22.6 Å². The molecule has 0 radical (unpaired) electrons. The van der Waals surface area contributed by atoms with Crippen LogP contribution < -0.4 is 0 Å². The fraction of sp³-hybridized carbons (Fsp3) is 0.200. The SMILES string of the molecule is Cc1cccc(C(=O)CC(=O)C=O)n1. The first-order valence-electron chi connectivity index (χ1n) is 4.08. The second-order valence-electron chi connectivity index (χ2n) is 2.85.